The largest absolute Gasteiger partial charge is 0.481 e. The van der Waals surface area contributed by atoms with Gasteiger partial charge in [0.2, 0.25) is 0 Å². The van der Waals surface area contributed by atoms with Crippen molar-refractivity contribution in [2.75, 3.05) is 13.2 Å². The van der Waals surface area contributed by atoms with E-state index in [1.807, 2.05) is 6.07 Å². The summed E-state index contributed by atoms with van der Waals surface area (Å²) in [5.74, 6) is -1.61. The second-order valence-electron chi connectivity index (χ2n) is 5.96. The van der Waals surface area contributed by atoms with Gasteiger partial charge in [0.05, 0.1) is 17.4 Å². The predicted molar refractivity (Wildman–Crippen MR) is 94.4 cm³/mol. The van der Waals surface area contributed by atoms with Gasteiger partial charge in [-0.25, -0.2) is 0 Å². The lowest BCUT2D eigenvalue weighted by molar-refractivity contribution is -0.142. The SMILES string of the molecule is CC[C@H](C(=O)O)C(N)c1cc(Cl)cc(C2(C#N)CCOCC2)c1.Cl. The van der Waals surface area contributed by atoms with Crippen LogP contribution in [0.4, 0.5) is 0 Å². The predicted octanol–water partition coefficient (Wildman–Crippen LogP) is 3.44. The maximum absolute atomic E-state index is 11.4. The minimum Gasteiger partial charge on any atom is -0.481 e. The number of ether oxygens (including phenoxy) is 1. The highest BCUT2D eigenvalue weighted by Crippen LogP contribution is 2.37. The molecule has 0 aliphatic carbocycles. The minimum atomic E-state index is -0.928. The van der Waals surface area contributed by atoms with Crippen LogP contribution in [0.25, 0.3) is 0 Å². The van der Waals surface area contributed by atoms with Crippen molar-refractivity contribution >= 4 is 30.0 Å². The fourth-order valence-corrected chi connectivity index (χ4v) is 3.32. The molecule has 0 bridgehead atoms. The van der Waals surface area contributed by atoms with Crippen molar-refractivity contribution in [1.82, 2.24) is 0 Å². The molecule has 0 saturated carbocycles. The molecule has 5 nitrogen and oxygen atoms in total. The summed E-state index contributed by atoms with van der Waals surface area (Å²) < 4.78 is 5.36. The molecule has 1 aliphatic rings. The van der Waals surface area contributed by atoms with E-state index in [9.17, 15) is 15.2 Å². The van der Waals surface area contributed by atoms with Gasteiger partial charge in [-0.05, 0) is 42.5 Å². The van der Waals surface area contributed by atoms with E-state index < -0.39 is 23.3 Å². The van der Waals surface area contributed by atoms with Gasteiger partial charge in [-0.2, -0.15) is 5.26 Å². The number of carbonyl (C=O) groups is 1. The van der Waals surface area contributed by atoms with Crippen LogP contribution in [-0.4, -0.2) is 24.3 Å². The van der Waals surface area contributed by atoms with Crippen LogP contribution in [0.1, 0.15) is 43.4 Å². The van der Waals surface area contributed by atoms with E-state index in [0.717, 1.165) is 5.56 Å². The topological polar surface area (TPSA) is 96.3 Å². The Morgan fingerprint density at radius 2 is 2.08 bits per heavy atom. The van der Waals surface area contributed by atoms with E-state index >= 15 is 0 Å². The number of nitrogens with two attached hydrogens (primary N) is 1. The maximum atomic E-state index is 11.4. The fourth-order valence-electron chi connectivity index (χ4n) is 3.08. The lowest BCUT2D eigenvalue weighted by Crippen LogP contribution is -2.33. The Labute approximate surface area is 153 Å². The molecular formula is C17H22Cl2N2O3. The molecule has 1 aromatic rings. The molecule has 2 rings (SSSR count). The van der Waals surface area contributed by atoms with Crippen LogP contribution in [-0.2, 0) is 14.9 Å². The number of nitriles is 1. The summed E-state index contributed by atoms with van der Waals surface area (Å²) in [6, 6.07) is 7.02. The van der Waals surface area contributed by atoms with Gasteiger partial charge in [0, 0.05) is 24.3 Å². The van der Waals surface area contributed by atoms with Gasteiger partial charge in [-0.1, -0.05) is 24.6 Å². The summed E-state index contributed by atoms with van der Waals surface area (Å²) in [6.07, 6.45) is 1.61. The van der Waals surface area contributed by atoms with Crippen LogP contribution in [0, 0.1) is 17.2 Å². The molecule has 1 fully saturated rings. The Balaban J connectivity index is 0.00000288. The zero-order valence-electron chi connectivity index (χ0n) is 13.5. The number of aliphatic carboxylic acids is 1. The molecule has 1 unspecified atom stereocenters. The number of benzene rings is 1. The summed E-state index contributed by atoms with van der Waals surface area (Å²) in [4.78, 5) is 11.4. The van der Waals surface area contributed by atoms with Crippen LogP contribution >= 0.6 is 24.0 Å². The zero-order valence-corrected chi connectivity index (χ0v) is 15.1. The van der Waals surface area contributed by atoms with Crippen LogP contribution in [0.2, 0.25) is 5.02 Å². The first-order valence-electron chi connectivity index (χ1n) is 7.72. The van der Waals surface area contributed by atoms with Gasteiger partial charge in [-0.3, -0.25) is 4.79 Å². The van der Waals surface area contributed by atoms with E-state index in [4.69, 9.17) is 22.1 Å². The molecule has 7 heteroatoms. The molecule has 2 atom stereocenters. The van der Waals surface area contributed by atoms with Crippen LogP contribution in [0.5, 0.6) is 0 Å². The number of carboxylic acids is 1. The fraction of sp³-hybridized carbons (Fsp3) is 0.529. The monoisotopic (exact) mass is 372 g/mol. The van der Waals surface area contributed by atoms with Crippen molar-refractivity contribution in [3.8, 4) is 6.07 Å². The Morgan fingerprint density at radius 1 is 1.46 bits per heavy atom. The Bertz CT molecular complexity index is 625. The third kappa shape index (κ3) is 4.20. The average Bonchev–Trinajstić information content (AvgIpc) is 2.55. The van der Waals surface area contributed by atoms with Crippen molar-refractivity contribution in [1.29, 1.82) is 5.26 Å². The molecule has 1 heterocycles. The summed E-state index contributed by atoms with van der Waals surface area (Å²) in [5.41, 5.74) is 6.95. The van der Waals surface area contributed by atoms with Gasteiger partial charge in [-0.15, -0.1) is 12.4 Å². The summed E-state index contributed by atoms with van der Waals surface area (Å²) in [7, 11) is 0. The molecule has 3 N–H and O–H groups in total. The van der Waals surface area contributed by atoms with E-state index in [1.165, 1.54) is 0 Å². The average molecular weight is 373 g/mol. The molecule has 132 valence electrons. The van der Waals surface area contributed by atoms with Crippen molar-refractivity contribution in [3.63, 3.8) is 0 Å². The van der Waals surface area contributed by atoms with Crippen LogP contribution in [0.15, 0.2) is 18.2 Å². The normalized spacial score (nSPS) is 18.8. The number of nitrogens with zero attached hydrogens (tertiary/aromatic N) is 1. The molecule has 0 aromatic heterocycles. The lowest BCUT2D eigenvalue weighted by atomic mass is 9.74. The lowest BCUT2D eigenvalue weighted by Gasteiger charge is -2.32. The van der Waals surface area contributed by atoms with Crippen LogP contribution < -0.4 is 5.73 Å². The summed E-state index contributed by atoms with van der Waals surface area (Å²) >= 11 is 6.22. The number of rotatable bonds is 5. The third-order valence-corrected chi connectivity index (χ3v) is 4.83. The number of halogens is 2. The highest BCUT2D eigenvalue weighted by molar-refractivity contribution is 6.30. The summed E-state index contributed by atoms with van der Waals surface area (Å²) in [5, 5.41) is 19.5. The van der Waals surface area contributed by atoms with E-state index in [2.05, 4.69) is 6.07 Å². The molecule has 1 aliphatic heterocycles. The quantitative estimate of drug-likeness (QED) is 0.824. The molecule has 1 aromatic carbocycles. The van der Waals surface area contributed by atoms with E-state index in [1.54, 1.807) is 19.1 Å². The molecule has 0 amide bonds. The molecule has 0 spiro atoms. The first kappa shape index (κ1) is 20.7. The molecule has 1 saturated heterocycles. The van der Waals surface area contributed by atoms with Gasteiger partial charge in [0.15, 0.2) is 0 Å². The molecule has 0 radical (unpaired) electrons. The molecule has 24 heavy (non-hydrogen) atoms. The zero-order chi connectivity index (χ0) is 17.0. The Kier molecular flexibility index (Phi) is 7.50. The van der Waals surface area contributed by atoms with Crippen molar-refractivity contribution in [2.45, 2.75) is 37.6 Å². The third-order valence-electron chi connectivity index (χ3n) is 4.61. The van der Waals surface area contributed by atoms with Crippen molar-refractivity contribution < 1.29 is 14.6 Å². The second-order valence-corrected chi connectivity index (χ2v) is 6.39. The number of carboxylic acid groups (broad SMARTS) is 1. The summed E-state index contributed by atoms with van der Waals surface area (Å²) in [6.45, 7) is 2.84. The first-order valence-corrected chi connectivity index (χ1v) is 8.09. The molecular weight excluding hydrogens is 351 g/mol. The smallest absolute Gasteiger partial charge is 0.308 e. The maximum Gasteiger partial charge on any atom is 0.308 e. The first-order chi connectivity index (χ1) is 10.9. The second kappa shape index (κ2) is 8.68. The van der Waals surface area contributed by atoms with E-state index in [-0.39, 0.29) is 12.4 Å². The highest BCUT2D eigenvalue weighted by Gasteiger charge is 2.36. The van der Waals surface area contributed by atoms with E-state index in [0.29, 0.717) is 43.1 Å². The number of hydrogen-bond acceptors (Lipinski definition) is 4. The standard InChI is InChI=1S/C17H21ClN2O3.ClH/c1-2-14(16(21)22)15(20)11-7-12(9-13(18)8-11)17(10-19)3-5-23-6-4-17;/h7-9,14-15H,2-6,20H2,1H3,(H,21,22);1H/t14-,15?;/m0./s1. The van der Waals surface area contributed by atoms with Crippen LogP contribution in [0.3, 0.4) is 0 Å². The van der Waals surface area contributed by atoms with Gasteiger partial charge in [0.25, 0.3) is 0 Å². The van der Waals surface area contributed by atoms with Gasteiger partial charge < -0.3 is 15.6 Å². The van der Waals surface area contributed by atoms with Crippen molar-refractivity contribution in [3.05, 3.63) is 34.3 Å². The minimum absolute atomic E-state index is 0. The van der Waals surface area contributed by atoms with Gasteiger partial charge in [0.1, 0.15) is 0 Å². The van der Waals surface area contributed by atoms with Gasteiger partial charge >= 0.3 is 5.97 Å². The Hall–Kier alpha value is -1.32. The highest BCUT2D eigenvalue weighted by atomic mass is 35.5. The Morgan fingerprint density at radius 3 is 2.58 bits per heavy atom. The van der Waals surface area contributed by atoms with Crippen molar-refractivity contribution in [2.24, 2.45) is 11.7 Å². The number of hydrogen-bond donors (Lipinski definition) is 2.